The normalized spacial score (nSPS) is 11.9. The minimum absolute atomic E-state index is 0. The van der Waals surface area contributed by atoms with Crippen molar-refractivity contribution in [2.24, 2.45) is 0 Å². The first-order chi connectivity index (χ1) is 5.65. The van der Waals surface area contributed by atoms with Gasteiger partial charge in [-0.3, -0.25) is 0 Å². The Bertz CT molecular complexity index is 271. The van der Waals surface area contributed by atoms with E-state index < -0.39 is 0 Å². The van der Waals surface area contributed by atoms with Crippen LogP contribution in [0.4, 0.5) is 0 Å². The summed E-state index contributed by atoms with van der Waals surface area (Å²) in [7, 11) is 0. The maximum atomic E-state index is 9.59. The molecule has 0 amide bonds. The summed E-state index contributed by atoms with van der Waals surface area (Å²) in [6.07, 6.45) is 1.07. The minimum atomic E-state index is 0. The molecule has 0 spiro atoms. The fourth-order valence-corrected chi connectivity index (χ4v) is 1.29. The summed E-state index contributed by atoms with van der Waals surface area (Å²) < 4.78 is 0. The quantitative estimate of drug-likeness (QED) is 0.706. The van der Waals surface area contributed by atoms with Crippen molar-refractivity contribution < 1.29 is 5.11 Å². The smallest absolute Gasteiger partial charge is 0.119 e. The molecule has 0 fully saturated rings. The van der Waals surface area contributed by atoms with Crippen LogP contribution >= 0.6 is 0 Å². The van der Waals surface area contributed by atoms with Crippen LogP contribution in [-0.2, 0) is 0 Å². The van der Waals surface area contributed by atoms with Crippen LogP contribution in [0.2, 0.25) is 0 Å². The summed E-state index contributed by atoms with van der Waals surface area (Å²) in [6, 6.07) is 5.88. The van der Waals surface area contributed by atoms with Gasteiger partial charge < -0.3 is 5.11 Å². The van der Waals surface area contributed by atoms with E-state index in [0.29, 0.717) is 11.7 Å². The standard InChI is InChI=1S/C11H16O.Na/c1-4-9(3)10-6-5-8(2)7-11(10)12;/h5-7,9,12H,4H2,1-3H3;. The van der Waals surface area contributed by atoms with Gasteiger partial charge in [0.2, 0.25) is 0 Å². The number of aryl methyl sites for hydroxylation is 1. The summed E-state index contributed by atoms with van der Waals surface area (Å²) in [6.45, 7) is 6.24. The van der Waals surface area contributed by atoms with Gasteiger partial charge in [-0.2, -0.15) is 0 Å². The van der Waals surface area contributed by atoms with Gasteiger partial charge in [-0.15, -0.1) is 0 Å². The van der Waals surface area contributed by atoms with E-state index in [9.17, 15) is 5.11 Å². The van der Waals surface area contributed by atoms with Gasteiger partial charge in [-0.25, -0.2) is 0 Å². The Labute approximate surface area is 102 Å². The Kier molecular flexibility index (Phi) is 5.70. The maximum Gasteiger partial charge on any atom is 0.119 e. The summed E-state index contributed by atoms with van der Waals surface area (Å²) in [4.78, 5) is 0. The van der Waals surface area contributed by atoms with Crippen LogP contribution in [-0.4, -0.2) is 34.7 Å². The molecule has 13 heavy (non-hydrogen) atoms. The fraction of sp³-hybridized carbons (Fsp3) is 0.455. The van der Waals surface area contributed by atoms with Crippen LogP contribution in [0.3, 0.4) is 0 Å². The van der Waals surface area contributed by atoms with Crippen molar-refractivity contribution in [1.29, 1.82) is 0 Å². The zero-order valence-electron chi connectivity index (χ0n) is 8.96. The van der Waals surface area contributed by atoms with Crippen molar-refractivity contribution in [2.75, 3.05) is 0 Å². The van der Waals surface area contributed by atoms with Gasteiger partial charge in [0.15, 0.2) is 0 Å². The van der Waals surface area contributed by atoms with E-state index >= 15 is 0 Å². The third kappa shape index (κ3) is 3.34. The van der Waals surface area contributed by atoms with Gasteiger partial charge >= 0.3 is 0 Å². The third-order valence-corrected chi connectivity index (χ3v) is 2.33. The molecular weight excluding hydrogens is 171 g/mol. The summed E-state index contributed by atoms with van der Waals surface area (Å²) in [5.41, 5.74) is 2.17. The molecule has 1 aromatic carbocycles. The first-order valence-electron chi connectivity index (χ1n) is 4.44. The van der Waals surface area contributed by atoms with Crippen molar-refractivity contribution in [1.82, 2.24) is 0 Å². The summed E-state index contributed by atoms with van der Waals surface area (Å²) >= 11 is 0. The van der Waals surface area contributed by atoms with E-state index in [1.54, 1.807) is 0 Å². The van der Waals surface area contributed by atoms with Crippen molar-refractivity contribution >= 4 is 29.6 Å². The molecule has 0 heterocycles. The number of hydrogen-bond acceptors (Lipinski definition) is 1. The molecule has 1 aromatic rings. The van der Waals surface area contributed by atoms with Gasteiger partial charge in [0, 0.05) is 29.6 Å². The van der Waals surface area contributed by atoms with Gasteiger partial charge in [0.05, 0.1) is 0 Å². The Morgan fingerprint density at radius 2 is 2.00 bits per heavy atom. The number of phenols is 1. The molecule has 1 rings (SSSR count). The summed E-state index contributed by atoms with van der Waals surface area (Å²) in [5.74, 6) is 0.884. The zero-order valence-corrected chi connectivity index (χ0v) is 11.0. The van der Waals surface area contributed by atoms with Gasteiger partial charge in [0.1, 0.15) is 5.75 Å². The van der Waals surface area contributed by atoms with Crippen LogP contribution in [0.15, 0.2) is 18.2 Å². The van der Waals surface area contributed by atoms with E-state index in [0.717, 1.165) is 17.5 Å². The van der Waals surface area contributed by atoms with E-state index in [4.69, 9.17) is 0 Å². The van der Waals surface area contributed by atoms with Gasteiger partial charge in [0.25, 0.3) is 0 Å². The van der Waals surface area contributed by atoms with Crippen LogP contribution in [0.5, 0.6) is 5.75 Å². The van der Waals surface area contributed by atoms with Crippen LogP contribution in [0.25, 0.3) is 0 Å². The van der Waals surface area contributed by atoms with E-state index in [1.165, 1.54) is 0 Å². The van der Waals surface area contributed by atoms with Crippen molar-refractivity contribution in [3.63, 3.8) is 0 Å². The van der Waals surface area contributed by atoms with Crippen LogP contribution < -0.4 is 0 Å². The molecule has 1 nitrogen and oxygen atoms in total. The Hall–Kier alpha value is 0.0200. The monoisotopic (exact) mass is 187 g/mol. The molecule has 0 saturated carbocycles. The molecule has 0 aliphatic rings. The number of benzene rings is 1. The van der Waals surface area contributed by atoms with Crippen LogP contribution in [0.1, 0.15) is 37.3 Å². The predicted molar refractivity (Wildman–Crippen MR) is 57.3 cm³/mol. The molecule has 0 bridgehead atoms. The Morgan fingerprint density at radius 3 is 2.46 bits per heavy atom. The van der Waals surface area contributed by atoms with Crippen molar-refractivity contribution in [3.05, 3.63) is 29.3 Å². The molecule has 1 radical (unpaired) electrons. The second kappa shape index (κ2) is 5.69. The molecule has 0 aliphatic heterocycles. The van der Waals surface area contributed by atoms with E-state index in [2.05, 4.69) is 13.8 Å². The number of hydrogen-bond donors (Lipinski definition) is 1. The number of rotatable bonds is 2. The topological polar surface area (TPSA) is 20.2 Å². The van der Waals surface area contributed by atoms with Crippen LogP contribution in [0, 0.1) is 6.92 Å². The van der Waals surface area contributed by atoms with Crippen molar-refractivity contribution in [3.8, 4) is 5.75 Å². The SMILES string of the molecule is CCC(C)c1ccc(C)cc1O.[Na]. The van der Waals surface area contributed by atoms with Gasteiger partial charge in [-0.05, 0) is 36.5 Å². The summed E-state index contributed by atoms with van der Waals surface area (Å²) in [5, 5.41) is 9.59. The second-order valence-electron chi connectivity index (χ2n) is 3.37. The largest absolute Gasteiger partial charge is 0.508 e. The maximum absolute atomic E-state index is 9.59. The zero-order chi connectivity index (χ0) is 9.14. The van der Waals surface area contributed by atoms with Crippen molar-refractivity contribution in [2.45, 2.75) is 33.1 Å². The molecule has 1 atom stereocenters. The fourth-order valence-electron chi connectivity index (χ4n) is 1.29. The molecule has 0 saturated heterocycles. The van der Waals surface area contributed by atoms with E-state index in [1.807, 2.05) is 25.1 Å². The molecule has 1 N–H and O–H groups in total. The Balaban J connectivity index is 0.00000144. The average molecular weight is 187 g/mol. The molecule has 0 aliphatic carbocycles. The molecule has 1 unspecified atom stereocenters. The minimum Gasteiger partial charge on any atom is -0.508 e. The predicted octanol–water partition coefficient (Wildman–Crippen LogP) is 2.83. The third-order valence-electron chi connectivity index (χ3n) is 2.33. The van der Waals surface area contributed by atoms with Gasteiger partial charge in [-0.1, -0.05) is 26.0 Å². The molecular formula is C11H16NaO. The Morgan fingerprint density at radius 1 is 1.38 bits per heavy atom. The molecule has 67 valence electrons. The first-order valence-corrected chi connectivity index (χ1v) is 4.44. The van der Waals surface area contributed by atoms with E-state index in [-0.39, 0.29) is 29.6 Å². The average Bonchev–Trinajstić information content (AvgIpc) is 2.03. The first kappa shape index (κ1) is 13.0. The number of aromatic hydroxyl groups is 1. The second-order valence-corrected chi connectivity index (χ2v) is 3.37. The molecule has 0 aromatic heterocycles. The molecule has 2 heteroatoms. The number of phenolic OH excluding ortho intramolecular Hbond substituents is 1.